The zero-order valence-electron chi connectivity index (χ0n) is 10.9. The molecular weight excluding hydrogens is 310 g/mol. The van der Waals surface area contributed by atoms with Gasteiger partial charge in [0.25, 0.3) is 0 Å². The summed E-state index contributed by atoms with van der Waals surface area (Å²) in [6.07, 6.45) is -11.6. The van der Waals surface area contributed by atoms with Crippen molar-refractivity contribution < 1.29 is 31.4 Å². The molecule has 0 aliphatic carbocycles. The third-order valence-corrected chi connectivity index (χ3v) is 3.10. The smallest absolute Gasteiger partial charge is 0.384 e. The van der Waals surface area contributed by atoms with Crippen molar-refractivity contribution >= 4 is 0 Å². The molecule has 1 unspecified atom stereocenters. The first-order chi connectivity index (χ1) is 10.1. The van der Waals surface area contributed by atoms with Crippen molar-refractivity contribution in [1.82, 2.24) is 0 Å². The summed E-state index contributed by atoms with van der Waals surface area (Å²) >= 11 is 0. The van der Waals surface area contributed by atoms with E-state index in [1.165, 1.54) is 24.3 Å². The summed E-state index contributed by atoms with van der Waals surface area (Å²) < 4.78 is 76.8. The molecule has 22 heavy (non-hydrogen) atoms. The Labute approximate surface area is 121 Å². The van der Waals surface area contributed by atoms with Gasteiger partial charge in [-0.15, -0.1) is 0 Å². The molecule has 2 aromatic carbocycles. The molecular formula is C15H10F6O. The lowest BCUT2D eigenvalue weighted by Gasteiger charge is -2.19. The molecule has 0 saturated heterocycles. The molecule has 7 heteroatoms. The third kappa shape index (κ3) is 3.41. The van der Waals surface area contributed by atoms with Crippen LogP contribution in [0, 0.1) is 0 Å². The highest BCUT2D eigenvalue weighted by Crippen LogP contribution is 2.40. The van der Waals surface area contributed by atoms with E-state index in [2.05, 4.69) is 0 Å². The minimum atomic E-state index is -5.01. The Balaban J connectivity index is 2.56. The molecule has 0 aliphatic rings. The molecule has 0 saturated carbocycles. The van der Waals surface area contributed by atoms with Crippen LogP contribution in [0.2, 0.25) is 0 Å². The Morgan fingerprint density at radius 3 is 1.86 bits per heavy atom. The van der Waals surface area contributed by atoms with Crippen molar-refractivity contribution in [3.8, 4) is 0 Å². The molecule has 2 aromatic rings. The van der Waals surface area contributed by atoms with Crippen LogP contribution in [0.15, 0.2) is 48.5 Å². The van der Waals surface area contributed by atoms with E-state index < -0.39 is 35.1 Å². The number of benzene rings is 2. The summed E-state index contributed by atoms with van der Waals surface area (Å²) in [5, 5.41) is 10.0. The predicted octanol–water partition coefficient (Wildman–Crippen LogP) is 4.81. The highest BCUT2D eigenvalue weighted by molar-refractivity contribution is 5.40. The zero-order valence-corrected chi connectivity index (χ0v) is 10.9. The van der Waals surface area contributed by atoms with Crippen LogP contribution >= 0.6 is 0 Å². The molecule has 1 nitrogen and oxygen atoms in total. The van der Waals surface area contributed by atoms with Crippen LogP contribution in [0.5, 0.6) is 0 Å². The topological polar surface area (TPSA) is 20.2 Å². The zero-order chi connectivity index (χ0) is 16.5. The monoisotopic (exact) mass is 320 g/mol. The van der Waals surface area contributed by atoms with Gasteiger partial charge in [-0.2, -0.15) is 26.3 Å². The lowest BCUT2D eigenvalue weighted by Crippen LogP contribution is -2.15. The molecule has 0 heterocycles. The van der Waals surface area contributed by atoms with Crippen molar-refractivity contribution in [3.05, 3.63) is 70.8 Å². The lowest BCUT2D eigenvalue weighted by atomic mass is 9.94. The van der Waals surface area contributed by atoms with Crippen molar-refractivity contribution in [1.29, 1.82) is 0 Å². The Morgan fingerprint density at radius 1 is 0.773 bits per heavy atom. The van der Waals surface area contributed by atoms with Crippen LogP contribution in [-0.4, -0.2) is 5.11 Å². The quantitative estimate of drug-likeness (QED) is 0.788. The summed E-state index contributed by atoms with van der Waals surface area (Å²) in [7, 11) is 0. The minimum absolute atomic E-state index is 0.0154. The van der Waals surface area contributed by atoms with Gasteiger partial charge in [-0.05, 0) is 23.3 Å². The number of halogens is 6. The van der Waals surface area contributed by atoms with Gasteiger partial charge < -0.3 is 5.11 Å². The number of hydrogen-bond acceptors (Lipinski definition) is 1. The van der Waals surface area contributed by atoms with E-state index in [0.717, 1.165) is 0 Å². The van der Waals surface area contributed by atoms with Crippen molar-refractivity contribution in [2.45, 2.75) is 18.5 Å². The van der Waals surface area contributed by atoms with E-state index in [1.54, 1.807) is 6.07 Å². The first kappa shape index (κ1) is 16.4. The molecule has 118 valence electrons. The van der Waals surface area contributed by atoms with E-state index in [1.807, 2.05) is 0 Å². The van der Waals surface area contributed by atoms with Crippen LogP contribution < -0.4 is 0 Å². The fourth-order valence-corrected chi connectivity index (χ4v) is 2.03. The van der Waals surface area contributed by atoms with E-state index in [0.29, 0.717) is 12.1 Å². The highest BCUT2D eigenvalue weighted by atomic mass is 19.4. The summed E-state index contributed by atoms with van der Waals surface area (Å²) in [6, 6.07) is 8.60. The molecule has 0 bridgehead atoms. The number of hydrogen-bond donors (Lipinski definition) is 1. The molecule has 0 aliphatic heterocycles. The second kappa shape index (κ2) is 5.64. The van der Waals surface area contributed by atoms with Gasteiger partial charge in [0.05, 0.1) is 11.1 Å². The molecule has 0 spiro atoms. The van der Waals surface area contributed by atoms with Gasteiger partial charge in [0.15, 0.2) is 0 Å². The first-order valence-electron chi connectivity index (χ1n) is 6.12. The standard InChI is InChI=1S/C15H10F6O/c16-14(17,18)10-6-7-11(12(8-10)15(19,20)21)13(22)9-4-2-1-3-5-9/h1-8,13,22H. The van der Waals surface area contributed by atoms with E-state index in [-0.39, 0.29) is 11.6 Å². The molecule has 0 fully saturated rings. The number of alkyl halides is 6. The van der Waals surface area contributed by atoms with E-state index in [9.17, 15) is 31.4 Å². The Kier molecular flexibility index (Phi) is 4.19. The first-order valence-corrected chi connectivity index (χ1v) is 6.12. The molecule has 1 N–H and O–H groups in total. The highest BCUT2D eigenvalue weighted by Gasteiger charge is 2.39. The number of aliphatic hydroxyl groups excluding tert-OH is 1. The largest absolute Gasteiger partial charge is 0.416 e. The second-order valence-electron chi connectivity index (χ2n) is 4.61. The molecule has 2 rings (SSSR count). The summed E-state index contributed by atoms with van der Waals surface area (Å²) in [6.45, 7) is 0. The Bertz CT molecular complexity index is 645. The predicted molar refractivity (Wildman–Crippen MR) is 66.9 cm³/mol. The van der Waals surface area contributed by atoms with Gasteiger partial charge in [-0.1, -0.05) is 36.4 Å². The van der Waals surface area contributed by atoms with E-state index >= 15 is 0 Å². The minimum Gasteiger partial charge on any atom is -0.384 e. The number of rotatable bonds is 2. The number of aliphatic hydroxyl groups is 1. The maximum absolute atomic E-state index is 13.0. The molecule has 0 aromatic heterocycles. The Morgan fingerprint density at radius 2 is 1.36 bits per heavy atom. The van der Waals surface area contributed by atoms with Gasteiger partial charge >= 0.3 is 12.4 Å². The van der Waals surface area contributed by atoms with Crippen molar-refractivity contribution in [3.63, 3.8) is 0 Å². The van der Waals surface area contributed by atoms with Crippen LogP contribution in [0.4, 0.5) is 26.3 Å². The normalized spacial score (nSPS) is 14.0. The third-order valence-electron chi connectivity index (χ3n) is 3.10. The van der Waals surface area contributed by atoms with Gasteiger partial charge in [0.1, 0.15) is 6.10 Å². The van der Waals surface area contributed by atoms with Crippen LogP contribution in [0.25, 0.3) is 0 Å². The molecule has 0 amide bonds. The lowest BCUT2D eigenvalue weighted by molar-refractivity contribution is -0.143. The van der Waals surface area contributed by atoms with Crippen LogP contribution in [-0.2, 0) is 12.4 Å². The fourth-order valence-electron chi connectivity index (χ4n) is 2.03. The van der Waals surface area contributed by atoms with Gasteiger partial charge in [-0.25, -0.2) is 0 Å². The maximum atomic E-state index is 13.0. The maximum Gasteiger partial charge on any atom is 0.416 e. The summed E-state index contributed by atoms with van der Waals surface area (Å²) in [4.78, 5) is 0. The van der Waals surface area contributed by atoms with Crippen molar-refractivity contribution in [2.24, 2.45) is 0 Å². The Hall–Kier alpha value is -2.02. The average Bonchev–Trinajstić information content (AvgIpc) is 2.45. The SMILES string of the molecule is OC(c1ccccc1)c1ccc(C(F)(F)F)cc1C(F)(F)F. The second-order valence-corrected chi connectivity index (χ2v) is 4.61. The van der Waals surface area contributed by atoms with Crippen LogP contribution in [0.3, 0.4) is 0 Å². The molecule has 0 radical (unpaired) electrons. The summed E-state index contributed by atoms with van der Waals surface area (Å²) in [5.41, 5.74) is -3.37. The molecule has 1 atom stereocenters. The van der Waals surface area contributed by atoms with Gasteiger partial charge in [0, 0.05) is 0 Å². The summed E-state index contributed by atoms with van der Waals surface area (Å²) in [5.74, 6) is 0. The van der Waals surface area contributed by atoms with Crippen LogP contribution in [0.1, 0.15) is 28.4 Å². The van der Waals surface area contributed by atoms with Gasteiger partial charge in [0.2, 0.25) is 0 Å². The average molecular weight is 320 g/mol. The van der Waals surface area contributed by atoms with Gasteiger partial charge in [-0.3, -0.25) is 0 Å². The fraction of sp³-hybridized carbons (Fsp3) is 0.200. The van der Waals surface area contributed by atoms with E-state index in [4.69, 9.17) is 0 Å². The van der Waals surface area contributed by atoms with Crippen molar-refractivity contribution in [2.75, 3.05) is 0 Å².